The third-order valence-electron chi connectivity index (χ3n) is 6.58. The van der Waals surface area contributed by atoms with Gasteiger partial charge in [-0.2, -0.15) is 0 Å². The molecule has 0 heterocycles. The zero-order valence-electron chi connectivity index (χ0n) is 23.6. The molecule has 9 heteroatoms. The first-order valence-electron chi connectivity index (χ1n) is 13.5. The van der Waals surface area contributed by atoms with Crippen LogP contribution in [0.5, 0.6) is 5.75 Å². The number of carbonyl (C=O) groups is 2. The smallest absolute Gasteiger partial charge is 0.244 e. The van der Waals surface area contributed by atoms with Gasteiger partial charge in [0.1, 0.15) is 18.3 Å². The number of amides is 2. The molecule has 3 rings (SSSR count). The van der Waals surface area contributed by atoms with Gasteiger partial charge in [0.2, 0.25) is 21.8 Å². The molecular weight excluding hydrogens is 526 g/mol. The summed E-state index contributed by atoms with van der Waals surface area (Å²) in [5.41, 5.74) is 1.98. The highest BCUT2D eigenvalue weighted by Crippen LogP contribution is 2.30. The number of sulfonamides is 1. The zero-order valence-corrected chi connectivity index (χ0v) is 24.4. The first-order chi connectivity index (χ1) is 19.1. The van der Waals surface area contributed by atoms with Crippen molar-refractivity contribution in [3.63, 3.8) is 0 Å². The molecule has 3 aromatic rings. The van der Waals surface area contributed by atoms with Crippen LogP contribution in [0.3, 0.4) is 0 Å². The molecule has 2 amide bonds. The number of hydrogen-bond donors (Lipinski definition) is 1. The van der Waals surface area contributed by atoms with Crippen LogP contribution in [0.2, 0.25) is 0 Å². The van der Waals surface area contributed by atoms with E-state index in [-0.39, 0.29) is 30.6 Å². The fourth-order valence-electron chi connectivity index (χ4n) is 4.31. The van der Waals surface area contributed by atoms with Crippen molar-refractivity contribution in [2.75, 3.05) is 23.7 Å². The fourth-order valence-corrected chi connectivity index (χ4v) is 5.16. The largest absolute Gasteiger partial charge is 0.492 e. The predicted octanol–water partition coefficient (Wildman–Crippen LogP) is 4.41. The first-order valence-corrected chi connectivity index (χ1v) is 15.4. The number of nitrogens with zero attached hydrogens (tertiary/aromatic N) is 2. The molecular formula is C31H39N3O5S. The van der Waals surface area contributed by atoms with Crippen molar-refractivity contribution in [2.24, 2.45) is 0 Å². The maximum atomic E-state index is 14.1. The van der Waals surface area contributed by atoms with Gasteiger partial charge in [-0.05, 0) is 43.5 Å². The van der Waals surface area contributed by atoms with Crippen LogP contribution in [-0.4, -0.2) is 56.6 Å². The molecule has 0 aliphatic heterocycles. The molecule has 2 unspecified atom stereocenters. The van der Waals surface area contributed by atoms with E-state index < -0.39 is 28.5 Å². The van der Waals surface area contributed by atoms with E-state index in [1.165, 1.54) is 4.90 Å². The Bertz CT molecular complexity index is 1350. The lowest BCUT2D eigenvalue weighted by Crippen LogP contribution is -2.54. The van der Waals surface area contributed by atoms with Crippen molar-refractivity contribution in [1.29, 1.82) is 0 Å². The second-order valence-electron chi connectivity index (χ2n) is 9.70. The number of benzene rings is 3. The molecule has 0 radical (unpaired) electrons. The van der Waals surface area contributed by atoms with Gasteiger partial charge in [0.25, 0.3) is 0 Å². The Morgan fingerprint density at radius 3 is 2.02 bits per heavy atom. The molecule has 40 heavy (non-hydrogen) atoms. The van der Waals surface area contributed by atoms with E-state index in [0.29, 0.717) is 12.4 Å². The zero-order chi connectivity index (χ0) is 29.1. The molecule has 2 atom stereocenters. The SMILES string of the molecule is CCOc1ccccc1N(CC(=O)N(Cc1ccccc1)C(Cc1ccccc1)C(=O)NC(C)CC)S(C)(=O)=O. The third-order valence-corrected chi connectivity index (χ3v) is 7.71. The monoisotopic (exact) mass is 565 g/mol. The maximum absolute atomic E-state index is 14.1. The van der Waals surface area contributed by atoms with E-state index in [9.17, 15) is 18.0 Å². The van der Waals surface area contributed by atoms with Crippen LogP contribution in [0.15, 0.2) is 84.9 Å². The summed E-state index contributed by atoms with van der Waals surface area (Å²) in [5.74, 6) is -0.433. The van der Waals surface area contributed by atoms with Crippen molar-refractivity contribution in [3.8, 4) is 5.75 Å². The van der Waals surface area contributed by atoms with Gasteiger partial charge in [-0.15, -0.1) is 0 Å². The molecule has 0 saturated heterocycles. The van der Waals surface area contributed by atoms with Crippen LogP contribution in [0.25, 0.3) is 0 Å². The van der Waals surface area contributed by atoms with E-state index in [2.05, 4.69) is 5.32 Å². The van der Waals surface area contributed by atoms with Crippen LogP contribution >= 0.6 is 0 Å². The first kappa shape index (κ1) is 30.7. The van der Waals surface area contributed by atoms with Gasteiger partial charge in [-0.1, -0.05) is 79.7 Å². The van der Waals surface area contributed by atoms with E-state index in [4.69, 9.17) is 4.74 Å². The number of carbonyl (C=O) groups excluding carboxylic acids is 2. The number of hydrogen-bond acceptors (Lipinski definition) is 5. The van der Waals surface area contributed by atoms with Crippen molar-refractivity contribution in [1.82, 2.24) is 10.2 Å². The Kier molecular flexibility index (Phi) is 11.1. The topological polar surface area (TPSA) is 96.0 Å². The second kappa shape index (κ2) is 14.5. The van der Waals surface area contributed by atoms with E-state index in [0.717, 1.165) is 28.1 Å². The van der Waals surface area contributed by atoms with Crippen LogP contribution < -0.4 is 14.4 Å². The molecule has 0 saturated carbocycles. The van der Waals surface area contributed by atoms with Gasteiger partial charge in [-0.3, -0.25) is 13.9 Å². The lowest BCUT2D eigenvalue weighted by atomic mass is 10.0. The highest BCUT2D eigenvalue weighted by atomic mass is 32.2. The van der Waals surface area contributed by atoms with E-state index in [1.54, 1.807) is 31.2 Å². The summed E-state index contributed by atoms with van der Waals surface area (Å²) in [6.07, 6.45) is 2.06. The lowest BCUT2D eigenvalue weighted by Gasteiger charge is -2.34. The highest BCUT2D eigenvalue weighted by molar-refractivity contribution is 7.92. The summed E-state index contributed by atoms with van der Waals surface area (Å²) in [4.78, 5) is 29.3. The van der Waals surface area contributed by atoms with Crippen molar-refractivity contribution in [3.05, 3.63) is 96.1 Å². The van der Waals surface area contributed by atoms with Crippen molar-refractivity contribution >= 4 is 27.5 Å². The number of rotatable bonds is 14. The number of ether oxygens (including phenoxy) is 1. The minimum Gasteiger partial charge on any atom is -0.492 e. The van der Waals surface area contributed by atoms with Crippen molar-refractivity contribution in [2.45, 2.75) is 52.2 Å². The molecule has 0 aliphatic rings. The number of nitrogens with one attached hydrogen (secondary N) is 1. The average molecular weight is 566 g/mol. The Morgan fingerprint density at radius 2 is 1.45 bits per heavy atom. The molecule has 8 nitrogen and oxygen atoms in total. The Morgan fingerprint density at radius 1 is 0.875 bits per heavy atom. The molecule has 0 spiro atoms. The van der Waals surface area contributed by atoms with Gasteiger partial charge < -0.3 is 15.0 Å². The summed E-state index contributed by atoms with van der Waals surface area (Å²) in [6.45, 7) is 5.67. The molecule has 0 fully saturated rings. The summed E-state index contributed by atoms with van der Waals surface area (Å²) < 4.78 is 32.7. The summed E-state index contributed by atoms with van der Waals surface area (Å²) >= 11 is 0. The molecule has 0 bridgehead atoms. The number of anilines is 1. The van der Waals surface area contributed by atoms with Gasteiger partial charge in [0.05, 0.1) is 18.6 Å². The van der Waals surface area contributed by atoms with Crippen LogP contribution in [0.4, 0.5) is 5.69 Å². The van der Waals surface area contributed by atoms with E-state index in [1.807, 2.05) is 74.5 Å². The second-order valence-corrected chi connectivity index (χ2v) is 11.6. The average Bonchev–Trinajstić information content (AvgIpc) is 2.94. The Labute approximate surface area is 238 Å². The van der Waals surface area contributed by atoms with E-state index >= 15 is 0 Å². The summed E-state index contributed by atoms with van der Waals surface area (Å²) in [7, 11) is -3.88. The van der Waals surface area contributed by atoms with Crippen LogP contribution in [0.1, 0.15) is 38.3 Å². The quantitative estimate of drug-likeness (QED) is 0.313. The van der Waals surface area contributed by atoms with Gasteiger partial charge in [0.15, 0.2) is 0 Å². The van der Waals surface area contributed by atoms with Gasteiger partial charge in [0, 0.05) is 19.0 Å². The van der Waals surface area contributed by atoms with Crippen LogP contribution in [-0.2, 0) is 32.6 Å². The molecule has 3 aromatic carbocycles. The normalized spacial score (nSPS) is 12.7. The predicted molar refractivity (Wildman–Crippen MR) is 159 cm³/mol. The standard InChI is InChI=1S/C31H39N3O5S/c1-5-24(3)32-31(36)28(21-25-15-9-7-10-16-25)33(22-26-17-11-8-12-18-26)30(35)23-34(40(4,37)38)27-19-13-14-20-29(27)39-6-2/h7-20,24,28H,5-6,21-23H2,1-4H3,(H,32,36). The van der Waals surface area contributed by atoms with Crippen molar-refractivity contribution < 1.29 is 22.7 Å². The molecule has 1 N–H and O–H groups in total. The van der Waals surface area contributed by atoms with Crippen LogP contribution in [0, 0.1) is 0 Å². The van der Waals surface area contributed by atoms with Gasteiger partial charge >= 0.3 is 0 Å². The Balaban J connectivity index is 2.06. The molecule has 0 aromatic heterocycles. The lowest BCUT2D eigenvalue weighted by molar-refractivity contribution is -0.140. The summed E-state index contributed by atoms with van der Waals surface area (Å²) in [5, 5.41) is 3.03. The highest BCUT2D eigenvalue weighted by Gasteiger charge is 2.34. The van der Waals surface area contributed by atoms with Gasteiger partial charge in [-0.25, -0.2) is 8.42 Å². The number of para-hydroxylation sites is 2. The molecule has 0 aliphatic carbocycles. The molecule has 214 valence electrons. The summed E-state index contributed by atoms with van der Waals surface area (Å²) in [6, 6.07) is 24.6. The third kappa shape index (κ3) is 8.58. The fraction of sp³-hybridized carbons (Fsp3) is 0.355. The Hall–Kier alpha value is -3.85. The minimum absolute atomic E-state index is 0.0926. The minimum atomic E-state index is -3.88. The maximum Gasteiger partial charge on any atom is 0.244 e.